The fraction of sp³-hybridized carbons (Fsp3) is 0.286. The number of carbonyl (C=O) groups is 2. The number of anilines is 2. The number of thioether (sulfide) groups is 1. The van der Waals surface area contributed by atoms with Gasteiger partial charge >= 0.3 is 0 Å². The number of amides is 2. The van der Waals surface area contributed by atoms with Gasteiger partial charge in [-0.15, -0.1) is 5.10 Å². The van der Waals surface area contributed by atoms with Gasteiger partial charge in [-0.1, -0.05) is 30.8 Å². The first-order chi connectivity index (χ1) is 15.0. The molecule has 1 aromatic heterocycles. The Balaban J connectivity index is 1.63. The number of hydrogen-bond donors (Lipinski definition) is 2. The molecule has 2 N–H and O–H groups in total. The molecule has 1 heterocycles. The molecule has 0 bridgehead atoms. The first kappa shape index (κ1) is 22.3. The molecule has 0 radical (unpaired) electrons. The average Bonchev–Trinajstić information content (AvgIpc) is 3.23. The van der Waals surface area contributed by atoms with Crippen LogP contribution in [0.25, 0.3) is 5.69 Å². The monoisotopic (exact) mass is 440 g/mol. The third kappa shape index (κ3) is 5.82. The second-order valence-corrected chi connectivity index (χ2v) is 7.48. The zero-order valence-corrected chi connectivity index (χ0v) is 18.4. The molecule has 9 nitrogen and oxygen atoms in total. The van der Waals surface area contributed by atoms with Crippen molar-refractivity contribution in [2.45, 2.75) is 32.3 Å². The first-order valence-corrected chi connectivity index (χ1v) is 10.8. The fourth-order valence-electron chi connectivity index (χ4n) is 2.78. The van der Waals surface area contributed by atoms with Gasteiger partial charge in [0.15, 0.2) is 0 Å². The van der Waals surface area contributed by atoms with Gasteiger partial charge in [0.05, 0.1) is 12.4 Å². The maximum absolute atomic E-state index is 12.4. The van der Waals surface area contributed by atoms with Gasteiger partial charge < -0.3 is 15.4 Å². The van der Waals surface area contributed by atoms with Crippen LogP contribution in [0.1, 0.15) is 25.8 Å². The van der Waals surface area contributed by atoms with Gasteiger partial charge in [0.2, 0.25) is 17.0 Å². The lowest BCUT2D eigenvalue weighted by molar-refractivity contribution is -0.116. The van der Waals surface area contributed by atoms with E-state index < -0.39 is 0 Å². The maximum atomic E-state index is 12.4. The highest BCUT2D eigenvalue weighted by atomic mass is 32.2. The number of nitrogens with one attached hydrogen (secondary N) is 2. The third-order valence-electron chi connectivity index (χ3n) is 4.27. The van der Waals surface area contributed by atoms with Crippen LogP contribution in [0.5, 0.6) is 5.75 Å². The predicted octanol–water partition coefficient (Wildman–Crippen LogP) is 3.45. The van der Waals surface area contributed by atoms with E-state index in [9.17, 15) is 9.59 Å². The van der Waals surface area contributed by atoms with Crippen molar-refractivity contribution in [2.24, 2.45) is 0 Å². The highest BCUT2D eigenvalue weighted by Crippen LogP contribution is 2.26. The number of aryl methyl sites for hydroxylation is 1. The molecule has 0 aliphatic heterocycles. The van der Waals surface area contributed by atoms with E-state index in [0.29, 0.717) is 35.3 Å². The number of carbonyl (C=O) groups excluding carboxylic acids is 2. The number of tetrazole rings is 1. The lowest BCUT2D eigenvalue weighted by Crippen LogP contribution is -2.15. The van der Waals surface area contributed by atoms with Gasteiger partial charge in [0.25, 0.3) is 0 Å². The molecular formula is C21H24N6O3S. The van der Waals surface area contributed by atoms with Crippen LogP contribution in [0.15, 0.2) is 47.6 Å². The van der Waals surface area contributed by atoms with E-state index in [1.54, 1.807) is 23.7 Å². The van der Waals surface area contributed by atoms with Crippen LogP contribution in [0.3, 0.4) is 0 Å². The molecule has 2 aromatic carbocycles. The Bertz CT molecular complexity index is 1070. The van der Waals surface area contributed by atoms with E-state index in [-0.39, 0.29) is 17.6 Å². The number of para-hydroxylation sites is 2. The van der Waals surface area contributed by atoms with Gasteiger partial charge in [-0.05, 0) is 60.2 Å². The molecule has 0 unspecified atom stereocenters. The number of aromatic nitrogens is 4. The van der Waals surface area contributed by atoms with Crippen LogP contribution in [0.4, 0.5) is 11.4 Å². The van der Waals surface area contributed by atoms with E-state index in [1.807, 2.05) is 44.2 Å². The van der Waals surface area contributed by atoms with Crippen molar-refractivity contribution in [3.63, 3.8) is 0 Å². The summed E-state index contributed by atoms with van der Waals surface area (Å²) in [7, 11) is 0. The molecule has 3 aromatic rings. The number of rotatable bonds is 9. The minimum atomic E-state index is -0.192. The van der Waals surface area contributed by atoms with E-state index >= 15 is 0 Å². The highest BCUT2D eigenvalue weighted by Gasteiger charge is 2.15. The average molecular weight is 441 g/mol. The molecule has 0 saturated heterocycles. The Morgan fingerprint density at radius 2 is 1.90 bits per heavy atom. The Kier molecular flexibility index (Phi) is 7.60. The molecule has 3 rings (SSSR count). The molecule has 0 aliphatic rings. The number of ether oxygens (including phenoxy) is 1. The first-order valence-electron chi connectivity index (χ1n) is 9.85. The Morgan fingerprint density at radius 1 is 1.10 bits per heavy atom. The summed E-state index contributed by atoms with van der Waals surface area (Å²) >= 11 is 1.22. The largest absolute Gasteiger partial charge is 0.492 e. The number of benzene rings is 2. The maximum Gasteiger partial charge on any atom is 0.234 e. The van der Waals surface area contributed by atoms with Gasteiger partial charge in [0.1, 0.15) is 11.4 Å². The van der Waals surface area contributed by atoms with Crippen molar-refractivity contribution in [2.75, 3.05) is 23.0 Å². The molecule has 2 amide bonds. The van der Waals surface area contributed by atoms with E-state index in [1.165, 1.54) is 11.8 Å². The highest BCUT2D eigenvalue weighted by molar-refractivity contribution is 7.99. The summed E-state index contributed by atoms with van der Waals surface area (Å²) in [6, 6.07) is 12.8. The normalized spacial score (nSPS) is 10.5. The third-order valence-corrected chi connectivity index (χ3v) is 5.19. The molecule has 31 heavy (non-hydrogen) atoms. The number of hydrogen-bond acceptors (Lipinski definition) is 7. The minimum Gasteiger partial charge on any atom is -0.492 e. The zero-order chi connectivity index (χ0) is 22.2. The van der Waals surface area contributed by atoms with Crippen molar-refractivity contribution >= 4 is 35.0 Å². The van der Waals surface area contributed by atoms with Crippen LogP contribution >= 0.6 is 11.8 Å². The van der Waals surface area contributed by atoms with Crippen molar-refractivity contribution in [3.05, 3.63) is 48.0 Å². The zero-order valence-electron chi connectivity index (χ0n) is 17.6. The molecule has 0 aliphatic carbocycles. The van der Waals surface area contributed by atoms with Gasteiger partial charge in [-0.2, -0.15) is 4.68 Å². The van der Waals surface area contributed by atoms with Gasteiger partial charge in [-0.3, -0.25) is 9.59 Å². The van der Waals surface area contributed by atoms with Crippen LogP contribution in [0, 0.1) is 6.92 Å². The minimum absolute atomic E-state index is 0.0556. The Morgan fingerprint density at radius 3 is 2.65 bits per heavy atom. The molecule has 0 saturated carbocycles. The molecule has 0 fully saturated rings. The van der Waals surface area contributed by atoms with Crippen molar-refractivity contribution in [1.29, 1.82) is 0 Å². The van der Waals surface area contributed by atoms with E-state index in [0.717, 1.165) is 11.3 Å². The Hall–Kier alpha value is -3.40. The smallest absolute Gasteiger partial charge is 0.234 e. The lowest BCUT2D eigenvalue weighted by atomic mass is 10.1. The second-order valence-electron chi connectivity index (χ2n) is 6.54. The molecule has 10 heteroatoms. The lowest BCUT2D eigenvalue weighted by Gasteiger charge is -2.11. The van der Waals surface area contributed by atoms with E-state index in [2.05, 4.69) is 26.2 Å². The summed E-state index contributed by atoms with van der Waals surface area (Å²) in [5.74, 6) is 0.543. The summed E-state index contributed by atoms with van der Waals surface area (Å²) in [4.78, 5) is 24.0. The molecule has 0 atom stereocenters. The SMILES string of the molecule is CCOc1ccccc1-n1nnnc1SCC(=O)Nc1ccc(NC(=O)CC)c(C)c1. The van der Waals surface area contributed by atoms with Crippen LogP contribution in [0.2, 0.25) is 0 Å². The van der Waals surface area contributed by atoms with Crippen LogP contribution in [-0.4, -0.2) is 44.4 Å². The summed E-state index contributed by atoms with van der Waals surface area (Å²) < 4.78 is 7.20. The van der Waals surface area contributed by atoms with Crippen LogP contribution in [-0.2, 0) is 9.59 Å². The standard InChI is InChI=1S/C21H24N6O3S/c1-4-19(28)23-16-11-10-15(12-14(16)3)22-20(29)13-31-21-24-25-26-27(21)17-8-6-7-9-18(17)30-5-2/h6-12H,4-5,13H2,1-3H3,(H,22,29)(H,23,28). The van der Waals surface area contributed by atoms with Crippen molar-refractivity contribution in [3.8, 4) is 11.4 Å². The Labute approximate surface area is 184 Å². The molecular weight excluding hydrogens is 416 g/mol. The second kappa shape index (κ2) is 10.6. The number of nitrogens with zero attached hydrogens (tertiary/aromatic N) is 4. The van der Waals surface area contributed by atoms with Crippen LogP contribution < -0.4 is 15.4 Å². The van der Waals surface area contributed by atoms with Gasteiger partial charge in [0, 0.05) is 17.8 Å². The topological polar surface area (TPSA) is 111 Å². The molecule has 0 spiro atoms. The summed E-state index contributed by atoms with van der Waals surface area (Å²) in [5.41, 5.74) is 2.95. The molecule has 162 valence electrons. The summed E-state index contributed by atoms with van der Waals surface area (Å²) in [6.45, 7) is 6.09. The van der Waals surface area contributed by atoms with Crippen molar-refractivity contribution in [1.82, 2.24) is 20.2 Å². The van der Waals surface area contributed by atoms with E-state index in [4.69, 9.17) is 4.74 Å². The quantitative estimate of drug-likeness (QED) is 0.490. The van der Waals surface area contributed by atoms with Gasteiger partial charge in [-0.25, -0.2) is 0 Å². The fourth-order valence-corrected chi connectivity index (χ4v) is 3.46. The summed E-state index contributed by atoms with van der Waals surface area (Å²) in [6.07, 6.45) is 0.406. The van der Waals surface area contributed by atoms with Crippen molar-refractivity contribution < 1.29 is 14.3 Å². The summed E-state index contributed by atoms with van der Waals surface area (Å²) in [5, 5.41) is 18.0. The predicted molar refractivity (Wildman–Crippen MR) is 120 cm³/mol.